The third-order valence-electron chi connectivity index (χ3n) is 3.04. The number of aldehydes is 1. The van der Waals surface area contributed by atoms with Gasteiger partial charge in [-0.05, 0) is 6.92 Å². The Kier molecular flexibility index (Phi) is 2.70. The fraction of sp³-hybridized carbons (Fsp3) is 0.900. The molecule has 0 aromatic rings. The Hall–Kier alpha value is -0.490. The molecule has 0 amide bonds. The van der Waals surface area contributed by atoms with Gasteiger partial charge in [-0.2, -0.15) is 0 Å². The predicted octanol–water partition coefficient (Wildman–Crippen LogP) is -0.289. The maximum Gasteiger partial charge on any atom is 0.211 e. The van der Waals surface area contributed by atoms with Crippen molar-refractivity contribution in [1.82, 2.24) is 0 Å². The number of aliphatic hydroxyl groups excluding tert-OH is 1. The second-order valence-corrected chi connectivity index (χ2v) is 4.10. The summed E-state index contributed by atoms with van der Waals surface area (Å²) in [5.74, 6) is -0.0715. The number of carbonyl (C=O) groups excluding carboxylic acids is 1. The summed E-state index contributed by atoms with van der Waals surface area (Å²) in [7, 11) is 0. The summed E-state index contributed by atoms with van der Waals surface area (Å²) in [6.45, 7) is 4.12. The molecule has 0 saturated carbocycles. The van der Waals surface area contributed by atoms with Crippen molar-refractivity contribution in [1.29, 1.82) is 1.43 Å². The van der Waals surface area contributed by atoms with Crippen LogP contribution in [0.15, 0.2) is 0 Å². The third kappa shape index (κ3) is 1.92. The number of fused-ring (bicyclic) bond motifs is 1. The van der Waals surface area contributed by atoms with Gasteiger partial charge >= 0.3 is 0 Å². The highest BCUT2D eigenvalue weighted by atomic mass is 16.7. The zero-order chi connectivity index (χ0) is 11.7. The van der Waals surface area contributed by atoms with Crippen LogP contribution >= 0.6 is 0 Å². The molecule has 2 fully saturated rings. The largest absolute Gasteiger partial charge is 0.390 e. The highest BCUT2D eigenvalue weighted by Crippen LogP contribution is 2.31. The Morgan fingerprint density at radius 3 is 2.93 bits per heavy atom. The maximum absolute atomic E-state index is 10.8. The second-order valence-electron chi connectivity index (χ2n) is 4.10. The Morgan fingerprint density at radius 2 is 2.27 bits per heavy atom. The molecule has 2 aliphatic rings. The molecule has 2 saturated heterocycles. The van der Waals surface area contributed by atoms with Crippen LogP contribution in [-0.2, 0) is 19.0 Å². The molecule has 86 valence electrons. The van der Waals surface area contributed by atoms with Crippen molar-refractivity contribution in [2.45, 2.75) is 44.6 Å². The summed E-state index contributed by atoms with van der Waals surface area (Å²) in [4.78, 5) is 10.8. The van der Waals surface area contributed by atoms with E-state index >= 15 is 0 Å². The van der Waals surface area contributed by atoms with Crippen LogP contribution in [0.3, 0.4) is 0 Å². The van der Waals surface area contributed by atoms with Crippen molar-refractivity contribution in [2.75, 3.05) is 6.61 Å². The van der Waals surface area contributed by atoms with E-state index in [9.17, 15) is 4.79 Å². The molecule has 2 rings (SSSR count). The van der Waals surface area contributed by atoms with Crippen LogP contribution in [0.4, 0.5) is 0 Å². The van der Waals surface area contributed by atoms with E-state index in [1.165, 1.54) is 0 Å². The van der Waals surface area contributed by atoms with E-state index in [0.29, 0.717) is 12.9 Å². The standard InChI is InChI=1S/C10H16O5/c1-5-9(12)7(3-11)15-8-4-13-6(2)14-10(5)8/h3,5-10,12H,4H2,1-2H3/t5-,6?,7-,8?,9?,10+/m1/s1/i12T. The molecule has 2 aliphatic heterocycles. The van der Waals surface area contributed by atoms with E-state index in [-0.39, 0.29) is 24.4 Å². The van der Waals surface area contributed by atoms with Crippen LogP contribution in [-0.4, -0.2) is 50.1 Å². The van der Waals surface area contributed by atoms with Crippen molar-refractivity contribution < 1.29 is 24.1 Å². The number of hydrogen-bond donors (Lipinski definition) is 1. The van der Waals surface area contributed by atoms with Gasteiger partial charge in [0, 0.05) is 5.92 Å². The lowest BCUT2D eigenvalue weighted by molar-refractivity contribution is -0.303. The van der Waals surface area contributed by atoms with Gasteiger partial charge in [0.15, 0.2) is 12.6 Å². The third-order valence-corrected chi connectivity index (χ3v) is 3.04. The summed E-state index contributed by atoms with van der Waals surface area (Å²) in [6, 6.07) is 0. The van der Waals surface area contributed by atoms with E-state index in [2.05, 4.69) is 5.11 Å². The number of rotatable bonds is 2. The number of hydrogen-bond acceptors (Lipinski definition) is 5. The molecule has 15 heavy (non-hydrogen) atoms. The van der Waals surface area contributed by atoms with Crippen LogP contribution in [0.2, 0.25) is 0 Å². The highest BCUT2D eigenvalue weighted by Gasteiger charge is 2.46. The fourth-order valence-electron chi connectivity index (χ4n) is 2.13. The Bertz CT molecular complexity index is 262. The molecule has 0 aliphatic carbocycles. The summed E-state index contributed by atoms with van der Waals surface area (Å²) in [5, 5.41) is 4.56. The highest BCUT2D eigenvalue weighted by molar-refractivity contribution is 5.57. The van der Waals surface area contributed by atoms with E-state index in [1.54, 1.807) is 0 Å². The van der Waals surface area contributed by atoms with E-state index in [4.69, 9.17) is 15.6 Å². The number of carbonyl (C=O) groups is 1. The molecule has 5 heteroatoms. The maximum atomic E-state index is 10.8. The van der Waals surface area contributed by atoms with Crippen molar-refractivity contribution in [3.05, 3.63) is 0 Å². The quantitative estimate of drug-likeness (QED) is 0.645. The second kappa shape index (κ2) is 4.17. The van der Waals surface area contributed by atoms with Crippen molar-refractivity contribution in [3.8, 4) is 0 Å². The molecular formula is C10H16O5. The van der Waals surface area contributed by atoms with Gasteiger partial charge in [0.05, 0.1) is 18.8 Å². The van der Waals surface area contributed by atoms with E-state index < -0.39 is 12.2 Å². The molecule has 0 aromatic heterocycles. The van der Waals surface area contributed by atoms with E-state index in [0.717, 1.165) is 0 Å². The number of aliphatic hydroxyl groups is 1. The minimum absolute atomic E-state index is 0.0715. The van der Waals surface area contributed by atoms with Gasteiger partial charge < -0.3 is 24.1 Å². The van der Waals surface area contributed by atoms with E-state index in [1.807, 2.05) is 13.8 Å². The first-order valence-corrected chi connectivity index (χ1v) is 5.17. The van der Waals surface area contributed by atoms with Gasteiger partial charge in [-0.15, -0.1) is 0 Å². The lowest BCUT2D eigenvalue weighted by atomic mass is 9.87. The van der Waals surface area contributed by atoms with Crippen LogP contribution in [0, 0.1) is 5.92 Å². The van der Waals surface area contributed by atoms with Gasteiger partial charge in [0.1, 0.15) is 12.2 Å². The average molecular weight is 218 g/mol. The molecule has 0 aromatic carbocycles. The molecule has 5 nitrogen and oxygen atoms in total. The molecule has 1 N–H and O–H groups in total. The summed E-state index contributed by atoms with van der Waals surface area (Å²) >= 11 is 0. The first-order valence-electron chi connectivity index (χ1n) is 5.58. The van der Waals surface area contributed by atoms with Crippen molar-refractivity contribution in [3.63, 3.8) is 0 Å². The van der Waals surface area contributed by atoms with Gasteiger partial charge in [-0.1, -0.05) is 6.92 Å². The molecule has 0 radical (unpaired) electrons. The first-order chi connectivity index (χ1) is 7.67. The van der Waals surface area contributed by atoms with Crippen molar-refractivity contribution in [2.24, 2.45) is 5.92 Å². The average Bonchev–Trinajstić information content (AvgIpc) is 2.29. The van der Waals surface area contributed by atoms with Crippen LogP contribution < -0.4 is 0 Å². The summed E-state index contributed by atoms with van der Waals surface area (Å²) in [6.07, 6.45) is -1.35. The molecular weight excluding hydrogens is 200 g/mol. The Balaban J connectivity index is 2.13. The molecule has 6 atom stereocenters. The lowest BCUT2D eigenvalue weighted by Crippen LogP contribution is -2.59. The van der Waals surface area contributed by atoms with Crippen molar-refractivity contribution >= 4 is 6.29 Å². The first kappa shape index (κ1) is 9.72. The molecule has 0 spiro atoms. The molecule has 0 bridgehead atoms. The molecule has 3 unspecified atom stereocenters. The summed E-state index contributed by atoms with van der Waals surface area (Å²) < 4.78 is 23.4. The minimum Gasteiger partial charge on any atom is -0.390 e. The monoisotopic (exact) mass is 218 g/mol. The Labute approximate surface area is 89.8 Å². The topological polar surface area (TPSA) is 65.0 Å². The SMILES string of the molecule is [3H]OC1[C@@H](C)[C@@H]2OC(C)OCC2O[C@@H]1C=O. The van der Waals surface area contributed by atoms with Gasteiger partial charge in [0.25, 0.3) is 0 Å². The summed E-state index contributed by atoms with van der Waals surface area (Å²) in [5.41, 5.74) is 0. The zero-order valence-electron chi connectivity index (χ0n) is 9.79. The van der Waals surface area contributed by atoms with Gasteiger partial charge in [0.2, 0.25) is 1.43 Å². The normalized spacial score (nSPS) is 51.7. The van der Waals surface area contributed by atoms with Crippen LogP contribution in [0.1, 0.15) is 13.8 Å². The lowest BCUT2D eigenvalue weighted by Gasteiger charge is -2.45. The Morgan fingerprint density at radius 1 is 1.47 bits per heavy atom. The molecule has 2 heterocycles. The van der Waals surface area contributed by atoms with Gasteiger partial charge in [-0.3, -0.25) is 0 Å². The fourth-order valence-corrected chi connectivity index (χ4v) is 2.13. The smallest absolute Gasteiger partial charge is 0.211 e. The van der Waals surface area contributed by atoms with Gasteiger partial charge in [-0.25, -0.2) is 0 Å². The zero-order valence-corrected chi connectivity index (χ0v) is 8.79. The minimum atomic E-state index is -0.714. The van der Waals surface area contributed by atoms with Crippen LogP contribution in [0.25, 0.3) is 0 Å². The predicted molar refractivity (Wildman–Crippen MR) is 50.2 cm³/mol. The van der Waals surface area contributed by atoms with Crippen LogP contribution in [0.5, 0.6) is 0 Å². The number of ether oxygens (including phenoxy) is 3.